The van der Waals surface area contributed by atoms with Crippen LogP contribution in [0.25, 0.3) is 0 Å². The molecule has 0 amide bonds. The van der Waals surface area contributed by atoms with Gasteiger partial charge in [0, 0.05) is 12.4 Å². The van der Waals surface area contributed by atoms with Crippen LogP contribution in [0.5, 0.6) is 0 Å². The lowest BCUT2D eigenvalue weighted by Crippen LogP contribution is -2.28. The summed E-state index contributed by atoms with van der Waals surface area (Å²) in [5.41, 5.74) is 0.962. The van der Waals surface area contributed by atoms with E-state index in [1.54, 1.807) is 32.3 Å². The van der Waals surface area contributed by atoms with Gasteiger partial charge in [-0.25, -0.2) is 18.1 Å². The van der Waals surface area contributed by atoms with E-state index < -0.39 is 16.1 Å². The van der Waals surface area contributed by atoms with Crippen LogP contribution in [-0.2, 0) is 10.0 Å². The third-order valence-electron chi connectivity index (χ3n) is 2.86. The van der Waals surface area contributed by atoms with Crippen molar-refractivity contribution in [2.24, 2.45) is 0 Å². The molecule has 7 heteroatoms. The summed E-state index contributed by atoms with van der Waals surface area (Å²) in [5.74, 6) is 0.542. The van der Waals surface area contributed by atoms with Crippen LogP contribution in [-0.4, -0.2) is 18.4 Å². The second-order valence-corrected chi connectivity index (χ2v) is 6.09. The van der Waals surface area contributed by atoms with Crippen molar-refractivity contribution in [2.45, 2.75) is 24.8 Å². The number of benzene rings is 1. The number of aryl methyl sites for hydroxylation is 1. The van der Waals surface area contributed by atoms with E-state index >= 15 is 0 Å². The highest BCUT2D eigenvalue weighted by Gasteiger charge is 2.21. The predicted octanol–water partition coefficient (Wildman–Crippen LogP) is 1.63. The van der Waals surface area contributed by atoms with Crippen molar-refractivity contribution in [2.75, 3.05) is 0 Å². The Morgan fingerprint density at radius 1 is 1.45 bits per heavy atom. The molecule has 0 radical (unpaired) electrons. The summed E-state index contributed by atoms with van der Waals surface area (Å²) >= 11 is 0. The molecule has 0 saturated heterocycles. The molecule has 1 heterocycles. The van der Waals surface area contributed by atoms with E-state index in [9.17, 15) is 8.42 Å². The van der Waals surface area contributed by atoms with Gasteiger partial charge >= 0.3 is 0 Å². The van der Waals surface area contributed by atoms with Crippen LogP contribution in [0.2, 0.25) is 0 Å². The Morgan fingerprint density at radius 3 is 2.75 bits per heavy atom. The number of nitrogens with zero attached hydrogens (tertiary/aromatic N) is 2. The van der Waals surface area contributed by atoms with Gasteiger partial charge in [-0.15, -0.1) is 0 Å². The molecule has 20 heavy (non-hydrogen) atoms. The van der Waals surface area contributed by atoms with Gasteiger partial charge in [-0.2, -0.15) is 5.26 Å². The van der Waals surface area contributed by atoms with Crippen LogP contribution in [0, 0.1) is 18.3 Å². The number of nitriles is 1. The lowest BCUT2D eigenvalue weighted by atomic mass is 10.2. The van der Waals surface area contributed by atoms with Crippen LogP contribution in [0.3, 0.4) is 0 Å². The molecule has 1 aromatic carbocycles. The largest absolute Gasteiger partial charge is 0.347 e. The number of rotatable bonds is 4. The Labute approximate surface area is 117 Å². The van der Waals surface area contributed by atoms with Gasteiger partial charge in [-0.3, -0.25) is 0 Å². The second kappa shape index (κ2) is 5.45. The first-order valence-electron chi connectivity index (χ1n) is 5.96. The van der Waals surface area contributed by atoms with Crippen molar-refractivity contribution in [3.63, 3.8) is 0 Å². The summed E-state index contributed by atoms with van der Waals surface area (Å²) in [4.78, 5) is 7.04. The summed E-state index contributed by atoms with van der Waals surface area (Å²) in [6.45, 7) is 3.36. The zero-order chi connectivity index (χ0) is 14.8. The van der Waals surface area contributed by atoms with Crippen molar-refractivity contribution in [1.29, 1.82) is 5.26 Å². The Kier molecular flexibility index (Phi) is 3.88. The van der Waals surface area contributed by atoms with Crippen molar-refractivity contribution < 1.29 is 8.42 Å². The van der Waals surface area contributed by atoms with Gasteiger partial charge in [0.25, 0.3) is 0 Å². The van der Waals surface area contributed by atoms with Crippen molar-refractivity contribution >= 4 is 10.0 Å². The van der Waals surface area contributed by atoms with E-state index in [2.05, 4.69) is 14.7 Å². The van der Waals surface area contributed by atoms with Gasteiger partial charge in [0.05, 0.1) is 22.6 Å². The molecule has 2 rings (SSSR count). The minimum atomic E-state index is -3.66. The number of aromatic amines is 1. The standard InChI is InChI=1S/C13H14N4O2S/c1-9-7-11(8-14)3-4-12(9)20(18,19)17-10(2)13-15-5-6-16-13/h3-7,10,17H,1-2H3,(H,15,16). The van der Waals surface area contributed by atoms with Crippen molar-refractivity contribution in [3.05, 3.63) is 47.5 Å². The van der Waals surface area contributed by atoms with Crippen LogP contribution in [0.15, 0.2) is 35.5 Å². The van der Waals surface area contributed by atoms with E-state index in [0.29, 0.717) is 17.0 Å². The molecular formula is C13H14N4O2S. The first-order valence-corrected chi connectivity index (χ1v) is 7.44. The van der Waals surface area contributed by atoms with Crippen LogP contribution in [0.4, 0.5) is 0 Å². The van der Waals surface area contributed by atoms with Gasteiger partial charge in [0.1, 0.15) is 5.82 Å². The normalized spacial score (nSPS) is 12.8. The highest BCUT2D eigenvalue weighted by molar-refractivity contribution is 7.89. The smallest absolute Gasteiger partial charge is 0.241 e. The van der Waals surface area contributed by atoms with Gasteiger partial charge < -0.3 is 4.98 Å². The van der Waals surface area contributed by atoms with Gasteiger partial charge in [0.2, 0.25) is 10.0 Å². The fraction of sp³-hybridized carbons (Fsp3) is 0.231. The lowest BCUT2D eigenvalue weighted by Gasteiger charge is -2.13. The van der Waals surface area contributed by atoms with Gasteiger partial charge in [0.15, 0.2) is 0 Å². The third-order valence-corrected chi connectivity index (χ3v) is 4.56. The zero-order valence-corrected chi connectivity index (χ0v) is 11.9. The highest BCUT2D eigenvalue weighted by atomic mass is 32.2. The van der Waals surface area contributed by atoms with Crippen molar-refractivity contribution in [1.82, 2.24) is 14.7 Å². The average Bonchev–Trinajstić information content (AvgIpc) is 2.91. The molecule has 0 aliphatic carbocycles. The molecule has 0 fully saturated rings. The lowest BCUT2D eigenvalue weighted by molar-refractivity contribution is 0.560. The van der Waals surface area contributed by atoms with Gasteiger partial charge in [-0.05, 0) is 37.6 Å². The first-order chi connectivity index (χ1) is 9.44. The zero-order valence-electron chi connectivity index (χ0n) is 11.1. The Balaban J connectivity index is 2.29. The molecule has 0 aliphatic rings. The first kappa shape index (κ1) is 14.2. The molecule has 6 nitrogen and oxygen atoms in total. The maximum absolute atomic E-state index is 12.3. The Morgan fingerprint density at radius 2 is 2.20 bits per heavy atom. The molecule has 0 saturated carbocycles. The van der Waals surface area contributed by atoms with E-state index in [1.807, 2.05) is 6.07 Å². The van der Waals surface area contributed by atoms with Crippen LogP contribution in [0.1, 0.15) is 29.9 Å². The number of hydrogen-bond acceptors (Lipinski definition) is 4. The topological polar surface area (TPSA) is 98.6 Å². The fourth-order valence-electron chi connectivity index (χ4n) is 1.89. The van der Waals surface area contributed by atoms with E-state index in [0.717, 1.165) is 0 Å². The number of imidazole rings is 1. The molecule has 2 N–H and O–H groups in total. The molecule has 0 aliphatic heterocycles. The molecule has 0 spiro atoms. The van der Waals surface area contributed by atoms with Crippen molar-refractivity contribution in [3.8, 4) is 6.07 Å². The van der Waals surface area contributed by atoms with E-state index in [-0.39, 0.29) is 4.90 Å². The number of H-pyrrole nitrogens is 1. The van der Waals surface area contributed by atoms with Crippen LogP contribution < -0.4 is 4.72 Å². The number of nitrogens with one attached hydrogen (secondary N) is 2. The maximum atomic E-state index is 12.3. The Hall–Kier alpha value is -2.17. The maximum Gasteiger partial charge on any atom is 0.241 e. The summed E-state index contributed by atoms with van der Waals surface area (Å²) < 4.78 is 27.2. The summed E-state index contributed by atoms with van der Waals surface area (Å²) in [7, 11) is -3.66. The minimum Gasteiger partial charge on any atom is -0.347 e. The fourth-order valence-corrected chi connectivity index (χ4v) is 3.32. The molecule has 1 aromatic heterocycles. The van der Waals surface area contributed by atoms with E-state index in [4.69, 9.17) is 5.26 Å². The SMILES string of the molecule is Cc1cc(C#N)ccc1S(=O)(=O)NC(C)c1ncc[nH]1. The van der Waals surface area contributed by atoms with Crippen LogP contribution >= 0.6 is 0 Å². The number of hydrogen-bond donors (Lipinski definition) is 2. The predicted molar refractivity (Wildman–Crippen MR) is 73.2 cm³/mol. The molecule has 0 bridgehead atoms. The molecule has 1 atom stereocenters. The summed E-state index contributed by atoms with van der Waals surface area (Å²) in [5, 5.41) is 8.80. The number of aromatic nitrogens is 2. The van der Waals surface area contributed by atoms with E-state index in [1.165, 1.54) is 12.1 Å². The third kappa shape index (κ3) is 2.87. The second-order valence-electron chi connectivity index (χ2n) is 4.41. The Bertz CT molecular complexity index is 745. The highest BCUT2D eigenvalue weighted by Crippen LogP contribution is 2.19. The monoisotopic (exact) mass is 290 g/mol. The average molecular weight is 290 g/mol. The molecule has 104 valence electrons. The number of sulfonamides is 1. The quantitative estimate of drug-likeness (QED) is 0.894. The summed E-state index contributed by atoms with van der Waals surface area (Å²) in [6, 6.07) is 5.98. The summed E-state index contributed by atoms with van der Waals surface area (Å²) in [6.07, 6.45) is 3.19. The molecule has 1 unspecified atom stereocenters. The molecular weight excluding hydrogens is 276 g/mol. The minimum absolute atomic E-state index is 0.162. The molecule has 2 aromatic rings. The van der Waals surface area contributed by atoms with Gasteiger partial charge in [-0.1, -0.05) is 0 Å².